The van der Waals surface area contributed by atoms with Gasteiger partial charge in [-0.05, 0) is 44.2 Å². The molecule has 0 fully saturated rings. The Morgan fingerprint density at radius 2 is 2.04 bits per heavy atom. The molecule has 8 heteroatoms. The van der Waals surface area contributed by atoms with Gasteiger partial charge in [0.15, 0.2) is 5.16 Å². The fourth-order valence-corrected chi connectivity index (χ4v) is 3.99. The highest BCUT2D eigenvalue weighted by molar-refractivity contribution is 7.99. The third-order valence-corrected chi connectivity index (χ3v) is 5.55. The van der Waals surface area contributed by atoms with Crippen molar-refractivity contribution in [1.29, 1.82) is 0 Å². The number of allylic oxidation sites excluding steroid dienone is 2. The van der Waals surface area contributed by atoms with Crippen LogP contribution in [0, 0.1) is 0 Å². The lowest BCUT2D eigenvalue weighted by molar-refractivity contribution is -0.126. The van der Waals surface area contributed by atoms with E-state index in [0.29, 0.717) is 22.6 Å². The van der Waals surface area contributed by atoms with Crippen LogP contribution in [0.15, 0.2) is 45.9 Å². The second-order valence-electron chi connectivity index (χ2n) is 6.74. The molecule has 2 amide bonds. The van der Waals surface area contributed by atoms with Gasteiger partial charge in [0, 0.05) is 13.5 Å². The van der Waals surface area contributed by atoms with Crippen molar-refractivity contribution in [3.8, 4) is 0 Å². The number of para-hydroxylation sites is 1. The molecule has 0 spiro atoms. The molecule has 3 rings (SSSR count). The number of benzene rings is 1. The number of aromatic nitrogens is 2. The van der Waals surface area contributed by atoms with Gasteiger partial charge in [-0.25, -0.2) is 4.98 Å². The third-order valence-electron chi connectivity index (χ3n) is 4.58. The number of amides is 2. The zero-order valence-electron chi connectivity index (χ0n) is 15.9. The van der Waals surface area contributed by atoms with Gasteiger partial charge in [0.05, 0.1) is 16.7 Å². The van der Waals surface area contributed by atoms with E-state index in [4.69, 9.17) is 0 Å². The molecule has 1 aliphatic carbocycles. The van der Waals surface area contributed by atoms with E-state index in [-0.39, 0.29) is 23.1 Å². The van der Waals surface area contributed by atoms with E-state index in [9.17, 15) is 14.4 Å². The molecular weight excluding hydrogens is 376 g/mol. The van der Waals surface area contributed by atoms with E-state index in [0.717, 1.165) is 19.3 Å². The molecule has 7 nitrogen and oxygen atoms in total. The maximum absolute atomic E-state index is 13.0. The van der Waals surface area contributed by atoms with Crippen LogP contribution in [-0.2, 0) is 16.1 Å². The average Bonchev–Trinajstić information content (AvgIpc) is 2.71. The normalized spacial score (nSPS) is 13.8. The van der Waals surface area contributed by atoms with Gasteiger partial charge in [-0.15, -0.1) is 0 Å². The standard InChI is InChI=1S/C20H24N4O3S/c1-14(25)22-23-18(26)13-28-20-21-17-10-6-5-9-16(17)19(27)24(20)12-11-15-7-3-2-4-8-15/h5-7,9-10H,2-4,8,11-13H2,1H3,(H,22,25)(H,23,26). The zero-order valence-corrected chi connectivity index (χ0v) is 16.7. The molecule has 28 heavy (non-hydrogen) atoms. The van der Waals surface area contributed by atoms with E-state index in [2.05, 4.69) is 21.9 Å². The first-order chi connectivity index (χ1) is 13.5. The van der Waals surface area contributed by atoms with Gasteiger partial charge in [-0.3, -0.25) is 29.8 Å². The lowest BCUT2D eigenvalue weighted by Crippen LogP contribution is -2.41. The summed E-state index contributed by atoms with van der Waals surface area (Å²) in [5, 5.41) is 1.09. The van der Waals surface area contributed by atoms with Crippen LogP contribution in [0.3, 0.4) is 0 Å². The molecule has 0 saturated carbocycles. The van der Waals surface area contributed by atoms with Crippen LogP contribution in [0.5, 0.6) is 0 Å². The van der Waals surface area contributed by atoms with Crippen LogP contribution in [0.25, 0.3) is 10.9 Å². The molecule has 1 aromatic heterocycles. The molecule has 2 aromatic rings. The maximum atomic E-state index is 13.0. The smallest absolute Gasteiger partial charge is 0.262 e. The lowest BCUT2D eigenvalue weighted by Gasteiger charge is -2.16. The topological polar surface area (TPSA) is 93.1 Å². The highest BCUT2D eigenvalue weighted by Gasteiger charge is 2.14. The van der Waals surface area contributed by atoms with Gasteiger partial charge >= 0.3 is 0 Å². The summed E-state index contributed by atoms with van der Waals surface area (Å²) < 4.78 is 1.66. The molecule has 1 aromatic carbocycles. The average molecular weight is 401 g/mol. The van der Waals surface area contributed by atoms with Crippen LogP contribution >= 0.6 is 11.8 Å². The highest BCUT2D eigenvalue weighted by Crippen LogP contribution is 2.22. The minimum atomic E-state index is -0.357. The SMILES string of the molecule is CC(=O)NNC(=O)CSc1nc2ccccc2c(=O)n1CCC1=CCCCC1. The molecule has 148 valence electrons. The summed E-state index contributed by atoms with van der Waals surface area (Å²) in [5.74, 6) is -0.655. The van der Waals surface area contributed by atoms with Crippen LogP contribution in [0.2, 0.25) is 0 Å². The summed E-state index contributed by atoms with van der Waals surface area (Å²) >= 11 is 1.19. The first-order valence-corrected chi connectivity index (χ1v) is 10.4. The van der Waals surface area contributed by atoms with Crippen molar-refractivity contribution >= 4 is 34.5 Å². The van der Waals surface area contributed by atoms with Crippen LogP contribution in [0.4, 0.5) is 0 Å². The Bertz CT molecular complexity index is 968. The fourth-order valence-electron chi connectivity index (χ4n) is 3.17. The largest absolute Gasteiger partial charge is 0.287 e. The minimum Gasteiger partial charge on any atom is -0.287 e. The Morgan fingerprint density at radius 3 is 2.79 bits per heavy atom. The van der Waals surface area contributed by atoms with Crippen molar-refractivity contribution in [1.82, 2.24) is 20.4 Å². The summed E-state index contributed by atoms with van der Waals surface area (Å²) in [7, 11) is 0. The summed E-state index contributed by atoms with van der Waals surface area (Å²) in [5.41, 5.74) is 6.49. The number of hydrogen-bond acceptors (Lipinski definition) is 5. The summed E-state index contributed by atoms with van der Waals surface area (Å²) in [6.45, 7) is 1.86. The molecule has 0 unspecified atom stereocenters. The van der Waals surface area contributed by atoms with E-state index in [1.807, 2.05) is 12.1 Å². The Kier molecular flexibility index (Phi) is 6.86. The summed E-state index contributed by atoms with van der Waals surface area (Å²) in [6.07, 6.45) is 7.69. The number of carbonyl (C=O) groups is 2. The van der Waals surface area contributed by atoms with E-state index >= 15 is 0 Å². The molecule has 0 saturated heterocycles. The molecule has 1 aliphatic rings. The number of thioether (sulfide) groups is 1. The Hall–Kier alpha value is -2.61. The number of carbonyl (C=O) groups excluding carboxylic acids is 2. The minimum absolute atomic E-state index is 0.0494. The Labute approximate surface area is 167 Å². The Balaban J connectivity index is 1.81. The molecule has 0 atom stereocenters. The third kappa shape index (κ3) is 5.22. The zero-order chi connectivity index (χ0) is 19.9. The van der Waals surface area contributed by atoms with Gasteiger partial charge in [0.1, 0.15) is 0 Å². The van der Waals surface area contributed by atoms with E-state index in [1.165, 1.54) is 37.1 Å². The Morgan fingerprint density at radius 1 is 1.21 bits per heavy atom. The fraction of sp³-hybridized carbons (Fsp3) is 0.400. The summed E-state index contributed by atoms with van der Waals surface area (Å²) in [4.78, 5) is 40.4. The van der Waals surface area contributed by atoms with E-state index in [1.54, 1.807) is 16.7 Å². The lowest BCUT2D eigenvalue weighted by atomic mass is 9.97. The molecule has 2 N–H and O–H groups in total. The van der Waals surface area contributed by atoms with E-state index < -0.39 is 0 Å². The summed E-state index contributed by atoms with van der Waals surface area (Å²) in [6, 6.07) is 7.24. The van der Waals surface area contributed by atoms with Crippen molar-refractivity contribution in [2.75, 3.05) is 5.75 Å². The number of nitrogens with zero attached hydrogens (tertiary/aromatic N) is 2. The van der Waals surface area contributed by atoms with Gasteiger partial charge < -0.3 is 0 Å². The van der Waals surface area contributed by atoms with Crippen molar-refractivity contribution in [3.05, 3.63) is 46.3 Å². The first kappa shape index (κ1) is 20.1. The quantitative estimate of drug-likeness (QED) is 0.336. The number of nitrogens with one attached hydrogen (secondary N) is 2. The number of hydrogen-bond donors (Lipinski definition) is 2. The van der Waals surface area contributed by atoms with Crippen molar-refractivity contribution in [2.24, 2.45) is 0 Å². The van der Waals surface area contributed by atoms with Crippen molar-refractivity contribution in [2.45, 2.75) is 50.7 Å². The predicted molar refractivity (Wildman–Crippen MR) is 110 cm³/mol. The first-order valence-electron chi connectivity index (χ1n) is 9.40. The highest BCUT2D eigenvalue weighted by atomic mass is 32.2. The van der Waals surface area contributed by atoms with Gasteiger partial charge in [0.2, 0.25) is 11.8 Å². The second kappa shape index (κ2) is 9.54. The molecule has 0 aliphatic heterocycles. The molecule has 1 heterocycles. The van der Waals surface area contributed by atoms with Crippen LogP contribution < -0.4 is 16.4 Å². The number of fused-ring (bicyclic) bond motifs is 1. The maximum Gasteiger partial charge on any atom is 0.262 e. The number of rotatable bonds is 6. The molecule has 0 bridgehead atoms. The second-order valence-corrected chi connectivity index (χ2v) is 7.69. The van der Waals surface area contributed by atoms with Gasteiger partial charge in [0.25, 0.3) is 5.56 Å². The van der Waals surface area contributed by atoms with Crippen LogP contribution in [-0.4, -0.2) is 27.1 Å². The molecular formula is C20H24N4O3S. The van der Waals surface area contributed by atoms with Gasteiger partial charge in [-0.1, -0.05) is 35.5 Å². The monoisotopic (exact) mass is 400 g/mol. The van der Waals surface area contributed by atoms with Crippen molar-refractivity contribution < 1.29 is 9.59 Å². The van der Waals surface area contributed by atoms with Crippen LogP contribution in [0.1, 0.15) is 39.0 Å². The molecule has 0 radical (unpaired) electrons. The predicted octanol–water partition coefficient (Wildman–Crippen LogP) is 2.55. The van der Waals surface area contributed by atoms with Crippen molar-refractivity contribution in [3.63, 3.8) is 0 Å². The number of hydrazine groups is 1. The van der Waals surface area contributed by atoms with Gasteiger partial charge in [-0.2, -0.15) is 0 Å².